The molecule has 3 amide bonds. The summed E-state index contributed by atoms with van der Waals surface area (Å²) in [5.74, 6) is -1.33. The van der Waals surface area contributed by atoms with E-state index < -0.39 is 29.3 Å². The third kappa shape index (κ3) is 8.87. The quantitative estimate of drug-likeness (QED) is 0.133. The number of aromatic nitrogens is 1. The number of rotatable bonds is 11. The van der Waals surface area contributed by atoms with Gasteiger partial charge in [0.15, 0.2) is 12.6 Å². The van der Waals surface area contributed by atoms with E-state index in [2.05, 4.69) is 27.0 Å². The molecule has 0 spiro atoms. The molecule has 0 aliphatic heterocycles. The van der Waals surface area contributed by atoms with Gasteiger partial charge >= 0.3 is 6.09 Å². The van der Waals surface area contributed by atoms with Crippen molar-refractivity contribution >= 4 is 35.1 Å². The monoisotopic (exact) mass is 645 g/mol. The van der Waals surface area contributed by atoms with Crippen LogP contribution in [0.25, 0.3) is 22.4 Å². The number of methoxy groups -OCH3 is 1. The number of carbonyl (C=O) groups is 3. The van der Waals surface area contributed by atoms with E-state index in [1.807, 2.05) is 0 Å². The lowest BCUT2D eigenvalue weighted by atomic mass is 9.96. The Labute approximate surface area is 269 Å². The molecule has 2 aromatic carbocycles. The molecule has 0 bridgehead atoms. The molecule has 46 heavy (non-hydrogen) atoms. The Balaban J connectivity index is 1.69. The molecule has 0 aliphatic rings. The Morgan fingerprint density at radius 1 is 0.978 bits per heavy atom. The first-order chi connectivity index (χ1) is 22.0. The summed E-state index contributed by atoms with van der Waals surface area (Å²) in [6, 6.07) is 17.5. The minimum absolute atomic E-state index is 0.0292. The zero-order valence-corrected chi connectivity index (χ0v) is 26.4. The molecule has 0 radical (unpaired) electrons. The molecule has 0 aliphatic carbocycles. The summed E-state index contributed by atoms with van der Waals surface area (Å²) in [6.45, 7) is 5.37. The van der Waals surface area contributed by atoms with Gasteiger partial charge in [0.05, 0.1) is 10.6 Å². The van der Waals surface area contributed by atoms with Gasteiger partial charge < -0.3 is 30.2 Å². The van der Waals surface area contributed by atoms with E-state index in [0.29, 0.717) is 21.6 Å². The van der Waals surface area contributed by atoms with Crippen LogP contribution in [0.1, 0.15) is 46.4 Å². The molecular formula is C33H32FN5O6S. The Bertz CT molecular complexity index is 1770. The van der Waals surface area contributed by atoms with Gasteiger partial charge in [-0.1, -0.05) is 18.2 Å². The number of thiophene rings is 1. The predicted octanol–water partition coefficient (Wildman–Crippen LogP) is 5.98. The van der Waals surface area contributed by atoms with Gasteiger partial charge in [0.2, 0.25) is 0 Å². The number of ether oxygens (including phenoxy) is 3. The highest BCUT2D eigenvalue weighted by atomic mass is 32.1. The lowest BCUT2D eigenvalue weighted by molar-refractivity contribution is 0.0512. The second-order valence-electron chi connectivity index (χ2n) is 10.8. The van der Waals surface area contributed by atoms with E-state index in [1.165, 1.54) is 36.6 Å². The number of anilines is 1. The van der Waals surface area contributed by atoms with E-state index >= 15 is 0 Å². The van der Waals surface area contributed by atoms with Gasteiger partial charge in [-0.2, -0.15) is 5.26 Å². The number of alkyl carbamates (subject to hydrolysis) is 1. The lowest BCUT2D eigenvalue weighted by Crippen LogP contribution is -2.37. The fourth-order valence-electron chi connectivity index (χ4n) is 4.23. The number of hydrogen-bond acceptors (Lipinski definition) is 9. The lowest BCUT2D eigenvalue weighted by Gasteiger charge is -2.19. The van der Waals surface area contributed by atoms with Crippen LogP contribution < -0.4 is 20.7 Å². The van der Waals surface area contributed by atoms with Crippen LogP contribution in [0, 0.1) is 17.1 Å². The molecular weight excluding hydrogens is 613 g/mol. The highest BCUT2D eigenvalue weighted by molar-refractivity contribution is 7.12. The van der Waals surface area contributed by atoms with Crippen molar-refractivity contribution < 1.29 is 33.0 Å². The molecule has 4 rings (SSSR count). The predicted molar refractivity (Wildman–Crippen MR) is 171 cm³/mol. The fraction of sp³-hybridized carbons (Fsp3) is 0.242. The maximum Gasteiger partial charge on any atom is 0.407 e. The maximum absolute atomic E-state index is 14.2. The molecule has 11 nitrogen and oxygen atoms in total. The summed E-state index contributed by atoms with van der Waals surface area (Å²) < 4.78 is 30.0. The molecule has 4 aromatic rings. The second kappa shape index (κ2) is 15.1. The zero-order valence-electron chi connectivity index (χ0n) is 25.6. The van der Waals surface area contributed by atoms with Crippen molar-refractivity contribution in [2.45, 2.75) is 26.4 Å². The molecule has 238 valence electrons. The van der Waals surface area contributed by atoms with Gasteiger partial charge in [-0.25, -0.2) is 14.2 Å². The van der Waals surface area contributed by atoms with Crippen molar-refractivity contribution in [1.82, 2.24) is 15.6 Å². The van der Waals surface area contributed by atoms with Crippen LogP contribution in [-0.2, 0) is 9.47 Å². The van der Waals surface area contributed by atoms with Crippen LogP contribution in [-0.4, -0.2) is 55.5 Å². The number of halogens is 1. The Hall–Kier alpha value is -5.32. The standard InChI is InChI=1S/C33H32FN5O6S/c1-33(2,3)45-32(42)37-13-12-36-30(40)21-8-5-7-20(15-21)24-17-26(23-11-10-22(34)16-27(23)44-19-43-4)38-29(25(24)18-35)39-31(41)28-9-6-14-46-28/h5-11,14-17H,12-13,19H2,1-4H3,(H,36,40)(H,37,42)(H,38,39,41). The van der Waals surface area contributed by atoms with E-state index in [4.69, 9.17) is 14.2 Å². The number of amides is 3. The molecule has 0 unspecified atom stereocenters. The van der Waals surface area contributed by atoms with Crippen LogP contribution in [0.5, 0.6) is 5.75 Å². The van der Waals surface area contributed by atoms with Crippen LogP contribution in [0.3, 0.4) is 0 Å². The summed E-state index contributed by atoms with van der Waals surface area (Å²) in [5.41, 5.74) is 1.17. The Morgan fingerprint density at radius 2 is 1.76 bits per heavy atom. The molecule has 3 N–H and O–H groups in total. The van der Waals surface area contributed by atoms with E-state index in [0.717, 1.165) is 0 Å². The zero-order chi connectivity index (χ0) is 33.3. The number of nitriles is 1. The maximum atomic E-state index is 14.2. The van der Waals surface area contributed by atoms with Gasteiger partial charge in [0.1, 0.15) is 28.8 Å². The van der Waals surface area contributed by atoms with E-state index in [-0.39, 0.29) is 48.3 Å². The number of carbonyl (C=O) groups excluding carboxylic acids is 3. The molecule has 0 atom stereocenters. The number of nitrogens with zero attached hydrogens (tertiary/aromatic N) is 2. The third-order valence-electron chi connectivity index (χ3n) is 6.17. The van der Waals surface area contributed by atoms with Crippen LogP contribution in [0.2, 0.25) is 0 Å². The minimum Gasteiger partial charge on any atom is -0.467 e. The molecule has 0 saturated carbocycles. The van der Waals surface area contributed by atoms with Crippen molar-refractivity contribution in [2.24, 2.45) is 0 Å². The van der Waals surface area contributed by atoms with Gasteiger partial charge in [-0.15, -0.1) is 11.3 Å². The number of benzene rings is 2. The van der Waals surface area contributed by atoms with E-state index in [1.54, 1.807) is 68.6 Å². The number of hydrogen-bond donors (Lipinski definition) is 3. The van der Waals surface area contributed by atoms with Crippen molar-refractivity contribution in [2.75, 3.05) is 32.3 Å². The third-order valence-corrected chi connectivity index (χ3v) is 7.04. The number of nitrogens with one attached hydrogen (secondary N) is 3. The van der Waals surface area contributed by atoms with Crippen molar-refractivity contribution in [1.29, 1.82) is 5.26 Å². The summed E-state index contributed by atoms with van der Waals surface area (Å²) in [7, 11) is 1.43. The molecule has 2 aromatic heterocycles. The van der Waals surface area contributed by atoms with Gasteiger partial charge in [0.25, 0.3) is 11.8 Å². The molecule has 0 fully saturated rings. The average molecular weight is 646 g/mol. The Morgan fingerprint density at radius 3 is 2.46 bits per heavy atom. The smallest absolute Gasteiger partial charge is 0.407 e. The van der Waals surface area contributed by atoms with E-state index in [9.17, 15) is 24.0 Å². The Kier molecular flexibility index (Phi) is 11.0. The summed E-state index contributed by atoms with van der Waals surface area (Å²) >= 11 is 1.22. The van der Waals surface area contributed by atoms with Crippen molar-refractivity contribution in [3.05, 3.63) is 87.9 Å². The highest BCUT2D eigenvalue weighted by Crippen LogP contribution is 2.37. The first-order valence-electron chi connectivity index (χ1n) is 14.1. The second-order valence-corrected chi connectivity index (χ2v) is 11.7. The largest absolute Gasteiger partial charge is 0.467 e. The van der Waals surface area contributed by atoms with Gasteiger partial charge in [-0.05, 0) is 68.1 Å². The van der Waals surface area contributed by atoms with Crippen molar-refractivity contribution in [3.63, 3.8) is 0 Å². The molecule has 2 heterocycles. The summed E-state index contributed by atoms with van der Waals surface area (Å²) in [4.78, 5) is 42.9. The van der Waals surface area contributed by atoms with Gasteiger partial charge in [0, 0.05) is 43.0 Å². The molecule has 13 heteroatoms. The fourth-order valence-corrected chi connectivity index (χ4v) is 4.84. The number of pyridine rings is 1. The van der Waals surface area contributed by atoms with Crippen LogP contribution in [0.15, 0.2) is 66.0 Å². The average Bonchev–Trinajstić information content (AvgIpc) is 3.56. The van der Waals surface area contributed by atoms with Crippen LogP contribution >= 0.6 is 11.3 Å². The van der Waals surface area contributed by atoms with Crippen molar-refractivity contribution in [3.8, 4) is 34.2 Å². The summed E-state index contributed by atoms with van der Waals surface area (Å²) in [6.07, 6.45) is -0.597. The normalized spacial score (nSPS) is 10.9. The topological polar surface area (TPSA) is 152 Å². The molecule has 0 saturated heterocycles. The highest BCUT2D eigenvalue weighted by Gasteiger charge is 2.21. The summed E-state index contributed by atoms with van der Waals surface area (Å²) in [5, 5.41) is 20.1. The van der Waals surface area contributed by atoms with Crippen LogP contribution in [0.4, 0.5) is 15.0 Å². The first kappa shape index (κ1) is 33.6. The first-order valence-corrected chi connectivity index (χ1v) is 14.9. The SMILES string of the molecule is COCOc1cc(F)ccc1-c1cc(-c2cccc(C(=O)NCCNC(=O)OC(C)(C)C)c2)c(C#N)c(NC(=O)c2cccs2)n1. The van der Waals surface area contributed by atoms with Gasteiger partial charge in [-0.3, -0.25) is 9.59 Å². The minimum atomic E-state index is -0.648.